The lowest BCUT2D eigenvalue weighted by molar-refractivity contribution is 0.0117. The molecule has 106 valence electrons. The Morgan fingerprint density at radius 3 is 2.68 bits per heavy atom. The predicted molar refractivity (Wildman–Crippen MR) is 71.8 cm³/mol. The van der Waals surface area contributed by atoms with Crippen LogP contribution in [0.5, 0.6) is 0 Å². The monoisotopic (exact) mass is 265 g/mol. The van der Waals surface area contributed by atoms with E-state index in [-0.39, 0.29) is 0 Å². The second kappa shape index (κ2) is 6.55. The van der Waals surface area contributed by atoms with Gasteiger partial charge in [0.25, 0.3) is 0 Å². The first-order chi connectivity index (χ1) is 9.40. The van der Waals surface area contributed by atoms with Crippen LogP contribution in [0.2, 0.25) is 0 Å². The first kappa shape index (κ1) is 13.2. The van der Waals surface area contributed by atoms with E-state index in [1.54, 1.807) is 0 Å². The van der Waals surface area contributed by atoms with Crippen molar-refractivity contribution in [2.24, 2.45) is 5.92 Å². The fraction of sp³-hybridized carbons (Fsp3) is 0.733. The second-order valence-electron chi connectivity index (χ2n) is 5.59. The molecule has 3 rings (SSSR count). The van der Waals surface area contributed by atoms with Crippen LogP contribution in [0.25, 0.3) is 0 Å². The molecule has 19 heavy (non-hydrogen) atoms. The smallest absolute Gasteiger partial charge is 0.129 e. The van der Waals surface area contributed by atoms with Crippen molar-refractivity contribution in [1.82, 2.24) is 5.32 Å². The summed E-state index contributed by atoms with van der Waals surface area (Å²) in [6, 6.07) is 4.79. The van der Waals surface area contributed by atoms with Gasteiger partial charge in [0.15, 0.2) is 0 Å². The Hall–Kier alpha value is -0.840. The molecule has 1 aromatic rings. The van der Waals surface area contributed by atoms with E-state index in [0.717, 1.165) is 56.8 Å². The van der Waals surface area contributed by atoms with E-state index in [0.29, 0.717) is 12.5 Å². The zero-order valence-corrected chi connectivity index (χ0v) is 11.4. The van der Waals surface area contributed by atoms with Crippen LogP contribution in [0, 0.1) is 5.92 Å². The third-order valence-corrected chi connectivity index (χ3v) is 3.80. The highest BCUT2D eigenvalue weighted by molar-refractivity contribution is 5.06. The van der Waals surface area contributed by atoms with Gasteiger partial charge >= 0.3 is 0 Å². The zero-order valence-electron chi connectivity index (χ0n) is 11.4. The Labute approximate surface area is 114 Å². The van der Waals surface area contributed by atoms with Crippen molar-refractivity contribution in [3.8, 4) is 0 Å². The van der Waals surface area contributed by atoms with E-state index in [4.69, 9.17) is 13.9 Å². The maximum absolute atomic E-state index is 5.74. The van der Waals surface area contributed by atoms with Gasteiger partial charge in [-0.1, -0.05) is 0 Å². The molecule has 1 saturated carbocycles. The summed E-state index contributed by atoms with van der Waals surface area (Å²) >= 11 is 0. The average molecular weight is 265 g/mol. The summed E-state index contributed by atoms with van der Waals surface area (Å²) in [6.07, 6.45) is 4.85. The molecule has 0 aromatic carbocycles. The highest BCUT2D eigenvalue weighted by Crippen LogP contribution is 2.20. The van der Waals surface area contributed by atoms with Crippen LogP contribution in [0.1, 0.15) is 37.2 Å². The Balaban J connectivity index is 1.34. The normalized spacial score (nSPS) is 20.8. The lowest BCUT2D eigenvalue weighted by Crippen LogP contribution is -2.20. The molecule has 1 aromatic heterocycles. The number of nitrogens with one attached hydrogen (secondary N) is 1. The molecule has 1 aliphatic carbocycles. The molecule has 0 spiro atoms. The Morgan fingerprint density at radius 1 is 1.11 bits per heavy atom. The summed E-state index contributed by atoms with van der Waals surface area (Å²) in [5.74, 6) is 2.59. The molecular formula is C15H23NO3. The predicted octanol–water partition coefficient (Wildman–Crippen LogP) is 2.47. The van der Waals surface area contributed by atoms with Crippen molar-refractivity contribution < 1.29 is 13.9 Å². The number of furan rings is 1. The number of ether oxygens (including phenoxy) is 2. The lowest BCUT2D eigenvalue weighted by Gasteiger charge is -2.21. The van der Waals surface area contributed by atoms with Crippen LogP contribution in [0.3, 0.4) is 0 Å². The van der Waals surface area contributed by atoms with Crippen molar-refractivity contribution in [2.45, 2.75) is 44.9 Å². The van der Waals surface area contributed by atoms with Crippen LogP contribution in [-0.4, -0.2) is 25.9 Å². The molecule has 1 N–H and O–H groups in total. The minimum absolute atomic E-state index is 0.584. The van der Waals surface area contributed by atoms with Crippen molar-refractivity contribution in [2.75, 3.05) is 19.8 Å². The molecule has 0 amide bonds. The first-order valence-electron chi connectivity index (χ1n) is 7.36. The maximum Gasteiger partial charge on any atom is 0.129 e. The second-order valence-corrected chi connectivity index (χ2v) is 5.59. The van der Waals surface area contributed by atoms with Gasteiger partial charge in [0.05, 0.1) is 13.2 Å². The number of hydrogen-bond donors (Lipinski definition) is 1. The summed E-state index contributed by atoms with van der Waals surface area (Å²) in [5, 5.41) is 3.45. The van der Waals surface area contributed by atoms with Gasteiger partial charge in [0, 0.05) is 19.3 Å². The van der Waals surface area contributed by atoms with Gasteiger partial charge in [-0.15, -0.1) is 0 Å². The lowest BCUT2D eigenvalue weighted by atomic mass is 10.0. The third kappa shape index (κ3) is 4.34. The van der Waals surface area contributed by atoms with E-state index in [1.165, 1.54) is 12.8 Å². The molecule has 2 fully saturated rings. The van der Waals surface area contributed by atoms with Crippen molar-refractivity contribution in [1.29, 1.82) is 0 Å². The largest absolute Gasteiger partial charge is 0.462 e. The van der Waals surface area contributed by atoms with E-state index < -0.39 is 0 Å². The first-order valence-corrected chi connectivity index (χ1v) is 7.36. The van der Waals surface area contributed by atoms with Crippen molar-refractivity contribution in [3.63, 3.8) is 0 Å². The van der Waals surface area contributed by atoms with Gasteiger partial charge in [-0.05, 0) is 43.7 Å². The Morgan fingerprint density at radius 2 is 1.89 bits per heavy atom. The summed E-state index contributed by atoms with van der Waals surface area (Å²) in [6.45, 7) is 4.00. The van der Waals surface area contributed by atoms with Crippen LogP contribution >= 0.6 is 0 Å². The van der Waals surface area contributed by atoms with Gasteiger partial charge in [0.2, 0.25) is 0 Å². The van der Waals surface area contributed by atoms with Crippen LogP contribution in [-0.2, 0) is 22.6 Å². The molecule has 0 radical (unpaired) electrons. The summed E-state index contributed by atoms with van der Waals surface area (Å²) in [5.41, 5.74) is 0. The fourth-order valence-electron chi connectivity index (χ4n) is 2.37. The van der Waals surface area contributed by atoms with E-state index in [9.17, 15) is 0 Å². The molecule has 4 nitrogen and oxygen atoms in total. The Kier molecular flexibility index (Phi) is 4.53. The number of hydrogen-bond acceptors (Lipinski definition) is 4. The van der Waals surface area contributed by atoms with Gasteiger partial charge in [-0.3, -0.25) is 0 Å². The van der Waals surface area contributed by atoms with Crippen LogP contribution in [0.15, 0.2) is 16.5 Å². The summed E-state index contributed by atoms with van der Waals surface area (Å²) < 4.78 is 16.8. The van der Waals surface area contributed by atoms with E-state index in [2.05, 4.69) is 5.32 Å². The van der Waals surface area contributed by atoms with E-state index in [1.807, 2.05) is 12.1 Å². The molecule has 1 saturated heterocycles. The summed E-state index contributed by atoms with van der Waals surface area (Å²) in [4.78, 5) is 0. The minimum atomic E-state index is 0.584. The highest BCUT2D eigenvalue weighted by atomic mass is 16.5. The van der Waals surface area contributed by atoms with Crippen molar-refractivity contribution >= 4 is 0 Å². The highest BCUT2D eigenvalue weighted by Gasteiger charge is 2.20. The summed E-state index contributed by atoms with van der Waals surface area (Å²) in [7, 11) is 0. The van der Waals surface area contributed by atoms with Gasteiger partial charge in [0.1, 0.15) is 18.1 Å². The Bertz CT molecular complexity index is 380. The third-order valence-electron chi connectivity index (χ3n) is 3.80. The minimum Gasteiger partial charge on any atom is -0.462 e. The SMILES string of the molecule is c1cc(COCC2CCOCC2)oc1CNC1CC1. The average Bonchev–Trinajstić information content (AvgIpc) is 3.17. The van der Waals surface area contributed by atoms with Crippen LogP contribution < -0.4 is 5.32 Å². The van der Waals surface area contributed by atoms with Gasteiger partial charge in [-0.2, -0.15) is 0 Å². The maximum atomic E-state index is 5.74. The molecule has 2 aliphatic rings. The fourth-order valence-corrected chi connectivity index (χ4v) is 2.37. The molecule has 2 heterocycles. The van der Waals surface area contributed by atoms with Crippen molar-refractivity contribution in [3.05, 3.63) is 23.7 Å². The molecule has 0 atom stereocenters. The van der Waals surface area contributed by atoms with E-state index >= 15 is 0 Å². The molecule has 4 heteroatoms. The molecule has 0 unspecified atom stereocenters. The standard InChI is InChI=1S/C15H23NO3/c1-2-13(1)16-9-14-3-4-15(19-14)11-18-10-12-5-7-17-8-6-12/h3-4,12-13,16H,1-2,5-11H2. The zero-order chi connectivity index (χ0) is 12.9. The topological polar surface area (TPSA) is 43.6 Å². The number of rotatable bonds is 7. The molecule has 1 aliphatic heterocycles. The van der Waals surface area contributed by atoms with Gasteiger partial charge < -0.3 is 19.2 Å². The molecule has 0 bridgehead atoms. The van der Waals surface area contributed by atoms with Gasteiger partial charge in [-0.25, -0.2) is 0 Å². The quantitative estimate of drug-likeness (QED) is 0.822. The van der Waals surface area contributed by atoms with Crippen LogP contribution in [0.4, 0.5) is 0 Å². The molecular weight excluding hydrogens is 242 g/mol.